The SMILES string of the molecule is C/C(=N\Nc1nnc(SCC(=O)NCc2ccc(F)cc2)n1N)c1ccc2ccccc2c1. The smallest absolute Gasteiger partial charge is 0.264 e. The van der Waals surface area contributed by atoms with Gasteiger partial charge in [0, 0.05) is 6.54 Å². The number of nitrogens with one attached hydrogen (secondary N) is 2. The van der Waals surface area contributed by atoms with Crippen molar-refractivity contribution in [3.8, 4) is 0 Å². The zero-order chi connectivity index (χ0) is 23.2. The molecule has 4 N–H and O–H groups in total. The van der Waals surface area contributed by atoms with Crippen LogP contribution in [0.5, 0.6) is 0 Å². The third-order valence-electron chi connectivity index (χ3n) is 4.89. The van der Waals surface area contributed by atoms with Crippen LogP contribution in [0.25, 0.3) is 10.8 Å². The van der Waals surface area contributed by atoms with Crippen LogP contribution in [0.4, 0.5) is 10.3 Å². The molecule has 0 atom stereocenters. The standard InChI is InChI=1S/C23H22FN7OS/c1-15(18-9-8-17-4-2-3-5-19(17)12-18)27-28-22-29-30-23(31(22)25)33-14-21(32)26-13-16-6-10-20(24)11-7-16/h2-12H,13-14,25H2,1H3,(H,26,32)(H,28,29)/b27-15+. The lowest BCUT2D eigenvalue weighted by atomic mass is 10.0. The molecular weight excluding hydrogens is 441 g/mol. The van der Waals surface area contributed by atoms with Gasteiger partial charge >= 0.3 is 0 Å². The Labute approximate surface area is 194 Å². The van der Waals surface area contributed by atoms with Gasteiger partial charge in [0.05, 0.1) is 11.5 Å². The van der Waals surface area contributed by atoms with Gasteiger partial charge in [-0.2, -0.15) is 5.10 Å². The van der Waals surface area contributed by atoms with Crippen molar-refractivity contribution in [2.45, 2.75) is 18.6 Å². The lowest BCUT2D eigenvalue weighted by Crippen LogP contribution is -2.25. The van der Waals surface area contributed by atoms with E-state index in [4.69, 9.17) is 5.84 Å². The van der Waals surface area contributed by atoms with Crippen LogP contribution in [0.3, 0.4) is 0 Å². The molecule has 3 aromatic carbocycles. The van der Waals surface area contributed by atoms with E-state index in [-0.39, 0.29) is 23.4 Å². The second kappa shape index (κ2) is 10.1. The second-order valence-electron chi connectivity index (χ2n) is 7.24. The molecule has 168 valence electrons. The minimum Gasteiger partial charge on any atom is -0.351 e. The highest BCUT2D eigenvalue weighted by Crippen LogP contribution is 2.18. The Morgan fingerprint density at radius 3 is 2.64 bits per heavy atom. The van der Waals surface area contributed by atoms with Crippen LogP contribution >= 0.6 is 11.8 Å². The second-order valence-corrected chi connectivity index (χ2v) is 8.18. The van der Waals surface area contributed by atoms with Gasteiger partial charge in [-0.3, -0.25) is 4.79 Å². The van der Waals surface area contributed by atoms with Gasteiger partial charge in [-0.15, -0.1) is 10.2 Å². The number of hydrogen-bond acceptors (Lipinski definition) is 7. The molecule has 0 radical (unpaired) electrons. The third kappa shape index (κ3) is 5.66. The molecule has 8 nitrogen and oxygen atoms in total. The number of amides is 1. The lowest BCUT2D eigenvalue weighted by Gasteiger charge is -2.06. The average Bonchev–Trinajstić information content (AvgIpc) is 3.19. The number of benzene rings is 3. The Morgan fingerprint density at radius 1 is 1.09 bits per heavy atom. The highest BCUT2D eigenvalue weighted by Gasteiger charge is 2.12. The van der Waals surface area contributed by atoms with Crippen LogP contribution in [-0.2, 0) is 11.3 Å². The minimum atomic E-state index is -0.316. The Balaban J connectivity index is 1.32. The van der Waals surface area contributed by atoms with Crippen LogP contribution in [0.1, 0.15) is 18.1 Å². The van der Waals surface area contributed by atoms with Crippen LogP contribution < -0.4 is 16.6 Å². The maximum Gasteiger partial charge on any atom is 0.264 e. The van der Waals surface area contributed by atoms with Crippen molar-refractivity contribution in [3.05, 3.63) is 83.7 Å². The number of thioether (sulfide) groups is 1. The summed E-state index contributed by atoms with van der Waals surface area (Å²) in [6, 6.07) is 20.2. The van der Waals surface area contributed by atoms with Gasteiger partial charge in [0.1, 0.15) is 5.82 Å². The summed E-state index contributed by atoms with van der Waals surface area (Å²) in [5, 5.41) is 17.8. The summed E-state index contributed by atoms with van der Waals surface area (Å²) in [6.45, 7) is 2.19. The number of fused-ring (bicyclic) bond motifs is 1. The number of aromatic nitrogens is 3. The van der Waals surface area contributed by atoms with E-state index in [1.54, 1.807) is 12.1 Å². The molecule has 0 unspecified atom stereocenters. The largest absolute Gasteiger partial charge is 0.351 e. The highest BCUT2D eigenvalue weighted by atomic mass is 32.2. The molecule has 0 fully saturated rings. The fraction of sp³-hybridized carbons (Fsp3) is 0.130. The number of halogens is 1. The van der Waals surface area contributed by atoms with E-state index in [9.17, 15) is 9.18 Å². The van der Waals surface area contributed by atoms with Crippen molar-refractivity contribution in [1.82, 2.24) is 20.2 Å². The van der Waals surface area contributed by atoms with Gasteiger partial charge in [-0.25, -0.2) is 14.5 Å². The fourth-order valence-corrected chi connectivity index (χ4v) is 3.73. The Morgan fingerprint density at radius 2 is 1.85 bits per heavy atom. The molecule has 0 bridgehead atoms. The van der Waals surface area contributed by atoms with E-state index >= 15 is 0 Å². The van der Waals surface area contributed by atoms with Crippen LogP contribution in [0, 0.1) is 5.82 Å². The predicted octanol–water partition coefficient (Wildman–Crippen LogP) is 3.53. The molecule has 0 saturated heterocycles. The van der Waals surface area contributed by atoms with Crippen molar-refractivity contribution in [2.24, 2.45) is 5.10 Å². The zero-order valence-corrected chi connectivity index (χ0v) is 18.6. The van der Waals surface area contributed by atoms with E-state index < -0.39 is 0 Å². The molecule has 4 rings (SSSR count). The summed E-state index contributed by atoms with van der Waals surface area (Å²) >= 11 is 1.15. The first kappa shape index (κ1) is 22.3. The van der Waals surface area contributed by atoms with Crippen molar-refractivity contribution < 1.29 is 9.18 Å². The summed E-state index contributed by atoms with van der Waals surface area (Å²) in [5.41, 5.74) is 5.37. The number of carbonyl (C=O) groups is 1. The monoisotopic (exact) mass is 463 g/mol. The first-order chi connectivity index (χ1) is 16.0. The zero-order valence-electron chi connectivity index (χ0n) is 17.8. The topological polar surface area (TPSA) is 110 Å². The molecule has 0 aliphatic heterocycles. The van der Waals surface area contributed by atoms with Gasteiger partial charge in [0.15, 0.2) is 0 Å². The average molecular weight is 464 g/mol. The first-order valence-corrected chi connectivity index (χ1v) is 11.1. The van der Waals surface area contributed by atoms with Crippen molar-refractivity contribution in [2.75, 3.05) is 17.0 Å². The van der Waals surface area contributed by atoms with Crippen LogP contribution in [0.2, 0.25) is 0 Å². The summed E-state index contributed by atoms with van der Waals surface area (Å²) in [7, 11) is 0. The molecule has 33 heavy (non-hydrogen) atoms. The number of anilines is 1. The van der Waals surface area contributed by atoms with Crippen LogP contribution in [0.15, 0.2) is 77.0 Å². The highest BCUT2D eigenvalue weighted by molar-refractivity contribution is 7.99. The normalized spacial score (nSPS) is 11.5. The number of rotatable bonds is 8. The molecule has 4 aromatic rings. The fourth-order valence-electron chi connectivity index (χ4n) is 3.05. The lowest BCUT2D eigenvalue weighted by molar-refractivity contribution is -0.118. The van der Waals surface area contributed by atoms with Crippen molar-refractivity contribution >= 4 is 40.1 Å². The molecule has 0 aliphatic rings. The molecule has 1 aromatic heterocycles. The quantitative estimate of drug-likeness (QED) is 0.160. The molecule has 10 heteroatoms. The van der Waals surface area contributed by atoms with E-state index in [1.807, 2.05) is 31.2 Å². The summed E-state index contributed by atoms with van der Waals surface area (Å²) < 4.78 is 14.2. The van der Waals surface area contributed by atoms with E-state index in [0.717, 1.165) is 39.4 Å². The van der Waals surface area contributed by atoms with E-state index in [0.29, 0.717) is 11.7 Å². The molecule has 1 amide bonds. The third-order valence-corrected chi connectivity index (χ3v) is 5.83. The van der Waals surface area contributed by atoms with E-state index in [2.05, 4.69) is 44.2 Å². The predicted molar refractivity (Wildman–Crippen MR) is 129 cm³/mol. The Hall–Kier alpha value is -3.92. The number of nitrogens with zero attached hydrogens (tertiary/aromatic N) is 4. The van der Waals surface area contributed by atoms with Crippen molar-refractivity contribution in [1.29, 1.82) is 0 Å². The maximum absolute atomic E-state index is 12.9. The summed E-state index contributed by atoms with van der Waals surface area (Å²) in [5.74, 6) is 5.88. The molecule has 0 saturated carbocycles. The first-order valence-electron chi connectivity index (χ1n) is 10.1. The number of nitrogens with two attached hydrogens (primary N) is 1. The molecule has 1 heterocycles. The van der Waals surface area contributed by atoms with Gasteiger partial charge in [0.25, 0.3) is 5.95 Å². The van der Waals surface area contributed by atoms with E-state index in [1.165, 1.54) is 16.8 Å². The van der Waals surface area contributed by atoms with Gasteiger partial charge in [-0.05, 0) is 47.0 Å². The summed E-state index contributed by atoms with van der Waals surface area (Å²) in [4.78, 5) is 12.1. The molecule has 0 spiro atoms. The van der Waals surface area contributed by atoms with Gasteiger partial charge < -0.3 is 11.2 Å². The van der Waals surface area contributed by atoms with Gasteiger partial charge in [-0.1, -0.05) is 60.3 Å². The molecule has 0 aliphatic carbocycles. The van der Waals surface area contributed by atoms with Crippen LogP contribution in [-0.4, -0.2) is 32.2 Å². The minimum absolute atomic E-state index is 0.107. The molecular formula is C23H22FN7OS. The number of hydrogen-bond donors (Lipinski definition) is 3. The van der Waals surface area contributed by atoms with Gasteiger partial charge in [0.2, 0.25) is 11.1 Å². The maximum atomic E-state index is 12.9. The Kier molecular flexibility index (Phi) is 6.84. The Bertz CT molecular complexity index is 1300. The number of carbonyl (C=O) groups excluding carboxylic acids is 1. The summed E-state index contributed by atoms with van der Waals surface area (Å²) in [6.07, 6.45) is 0. The van der Waals surface area contributed by atoms with Crippen molar-refractivity contribution in [3.63, 3.8) is 0 Å². The number of nitrogen functional groups attached to an aromatic ring is 1. The number of hydrazone groups is 1.